The highest BCUT2D eigenvalue weighted by Gasteiger charge is 2.12. The molecule has 5 nitrogen and oxygen atoms in total. The van der Waals surface area contributed by atoms with E-state index >= 15 is 0 Å². The van der Waals surface area contributed by atoms with Crippen LogP contribution in [0.4, 0.5) is 5.13 Å². The van der Waals surface area contributed by atoms with E-state index < -0.39 is 0 Å². The Morgan fingerprint density at radius 2 is 1.85 bits per heavy atom. The molecule has 6 heteroatoms. The first-order valence-corrected chi connectivity index (χ1v) is 9.54. The molecule has 0 spiro atoms. The predicted octanol–water partition coefficient (Wildman–Crippen LogP) is 4.84. The van der Waals surface area contributed by atoms with Crippen molar-refractivity contribution < 1.29 is 14.3 Å². The van der Waals surface area contributed by atoms with Crippen LogP contribution in [-0.2, 0) is 4.79 Å². The third-order valence-electron chi connectivity index (χ3n) is 4.12. The Hall–Kier alpha value is -2.86. The van der Waals surface area contributed by atoms with Gasteiger partial charge in [0, 0.05) is 10.9 Å². The second-order valence-corrected chi connectivity index (χ2v) is 6.96. The van der Waals surface area contributed by atoms with E-state index in [1.165, 1.54) is 11.3 Å². The number of ether oxygens (including phenoxy) is 2. The molecule has 0 atom stereocenters. The summed E-state index contributed by atoms with van der Waals surface area (Å²) in [6.07, 6.45) is 0.261. The minimum atomic E-state index is -0.123. The molecule has 0 radical (unpaired) electrons. The lowest BCUT2D eigenvalue weighted by atomic mass is 10.1. The fourth-order valence-electron chi connectivity index (χ4n) is 2.77. The van der Waals surface area contributed by atoms with E-state index in [4.69, 9.17) is 9.47 Å². The van der Waals surface area contributed by atoms with E-state index in [1.807, 2.05) is 61.7 Å². The van der Waals surface area contributed by atoms with Crippen molar-refractivity contribution in [3.05, 3.63) is 59.0 Å². The Morgan fingerprint density at radius 1 is 1.11 bits per heavy atom. The normalized spacial score (nSPS) is 10.5. The molecule has 2 aromatic carbocycles. The van der Waals surface area contributed by atoms with Gasteiger partial charge in [0.15, 0.2) is 5.13 Å². The number of benzene rings is 2. The molecule has 0 saturated heterocycles. The summed E-state index contributed by atoms with van der Waals surface area (Å²) in [4.78, 5) is 16.7. The van der Waals surface area contributed by atoms with Gasteiger partial charge in [0.1, 0.15) is 11.5 Å². The molecule has 27 heavy (non-hydrogen) atoms. The van der Waals surface area contributed by atoms with E-state index in [2.05, 4.69) is 10.3 Å². The maximum atomic E-state index is 12.2. The van der Waals surface area contributed by atoms with Crippen LogP contribution in [-0.4, -0.2) is 24.6 Å². The van der Waals surface area contributed by atoms with Gasteiger partial charge < -0.3 is 14.8 Å². The number of para-hydroxylation sites is 2. The highest BCUT2D eigenvalue weighted by molar-refractivity contribution is 7.14. The van der Waals surface area contributed by atoms with Crippen molar-refractivity contribution in [1.29, 1.82) is 0 Å². The number of hydrogen-bond donors (Lipinski definition) is 1. The maximum absolute atomic E-state index is 12.2. The molecule has 0 aliphatic rings. The van der Waals surface area contributed by atoms with Gasteiger partial charge in [-0.2, -0.15) is 0 Å². The van der Waals surface area contributed by atoms with Crippen LogP contribution >= 0.6 is 11.3 Å². The van der Waals surface area contributed by atoms with Gasteiger partial charge in [0.05, 0.1) is 25.8 Å². The van der Waals surface area contributed by atoms with E-state index in [0.29, 0.717) is 11.7 Å². The molecule has 1 aromatic heterocycles. The molecule has 140 valence electrons. The highest BCUT2D eigenvalue weighted by Crippen LogP contribution is 2.31. The van der Waals surface area contributed by atoms with Crippen LogP contribution in [0.5, 0.6) is 11.5 Å². The van der Waals surface area contributed by atoms with Crippen molar-refractivity contribution in [3.63, 3.8) is 0 Å². The lowest BCUT2D eigenvalue weighted by molar-refractivity contribution is -0.116. The SMILES string of the molecule is COc1ccccc1-c1csc(NC(=O)CCOc2c(C)cccc2C)n1. The Morgan fingerprint density at radius 3 is 2.59 bits per heavy atom. The zero-order valence-electron chi connectivity index (χ0n) is 15.6. The van der Waals surface area contributed by atoms with Crippen LogP contribution in [0.15, 0.2) is 47.8 Å². The number of aryl methyl sites for hydroxylation is 2. The van der Waals surface area contributed by atoms with Crippen LogP contribution in [0, 0.1) is 13.8 Å². The van der Waals surface area contributed by atoms with Gasteiger partial charge >= 0.3 is 0 Å². The Kier molecular flexibility index (Phi) is 6.08. The van der Waals surface area contributed by atoms with Gasteiger partial charge in [0.2, 0.25) is 5.91 Å². The molecule has 0 bridgehead atoms. The largest absolute Gasteiger partial charge is 0.496 e. The fraction of sp³-hybridized carbons (Fsp3) is 0.238. The van der Waals surface area contributed by atoms with E-state index in [1.54, 1.807) is 7.11 Å². The Bertz CT molecular complexity index is 916. The Balaban J connectivity index is 1.57. The second-order valence-electron chi connectivity index (χ2n) is 6.11. The molecular weight excluding hydrogens is 360 g/mol. The molecule has 3 rings (SSSR count). The fourth-order valence-corrected chi connectivity index (χ4v) is 3.49. The quantitative estimate of drug-likeness (QED) is 0.635. The average Bonchev–Trinajstić information content (AvgIpc) is 3.12. The summed E-state index contributed by atoms with van der Waals surface area (Å²) in [5, 5.41) is 5.30. The van der Waals surface area contributed by atoms with Crippen molar-refractivity contribution in [3.8, 4) is 22.8 Å². The number of rotatable bonds is 7. The van der Waals surface area contributed by atoms with Gasteiger partial charge in [-0.05, 0) is 37.1 Å². The summed E-state index contributed by atoms with van der Waals surface area (Å²) >= 11 is 1.39. The summed E-state index contributed by atoms with van der Waals surface area (Å²) in [7, 11) is 1.63. The lowest BCUT2D eigenvalue weighted by Crippen LogP contribution is -2.15. The number of nitrogens with zero attached hydrogens (tertiary/aromatic N) is 1. The van der Waals surface area contributed by atoms with Gasteiger partial charge in [0.25, 0.3) is 0 Å². The van der Waals surface area contributed by atoms with Crippen molar-refractivity contribution >= 4 is 22.4 Å². The van der Waals surface area contributed by atoms with Crippen LogP contribution in [0.1, 0.15) is 17.5 Å². The number of aromatic nitrogens is 1. The summed E-state index contributed by atoms with van der Waals surface area (Å²) in [5.41, 5.74) is 3.81. The number of anilines is 1. The van der Waals surface area contributed by atoms with E-state index in [-0.39, 0.29) is 12.3 Å². The number of nitrogens with one attached hydrogen (secondary N) is 1. The van der Waals surface area contributed by atoms with E-state index in [9.17, 15) is 4.79 Å². The summed E-state index contributed by atoms with van der Waals surface area (Å²) in [6.45, 7) is 4.32. The van der Waals surface area contributed by atoms with Crippen molar-refractivity contribution in [1.82, 2.24) is 4.98 Å². The topological polar surface area (TPSA) is 60.5 Å². The van der Waals surface area contributed by atoms with Crippen LogP contribution < -0.4 is 14.8 Å². The van der Waals surface area contributed by atoms with Crippen molar-refractivity contribution in [2.75, 3.05) is 19.0 Å². The molecule has 0 fully saturated rings. The molecular formula is C21H22N2O3S. The first kappa shape index (κ1) is 18.9. The third kappa shape index (κ3) is 4.65. The Labute approximate surface area is 163 Å². The average molecular weight is 382 g/mol. The van der Waals surface area contributed by atoms with E-state index in [0.717, 1.165) is 33.9 Å². The zero-order valence-corrected chi connectivity index (χ0v) is 16.4. The molecule has 1 N–H and O–H groups in total. The summed E-state index contributed by atoms with van der Waals surface area (Å²) in [5.74, 6) is 1.47. The molecule has 0 aliphatic heterocycles. The molecule has 1 heterocycles. The number of amides is 1. The maximum Gasteiger partial charge on any atom is 0.229 e. The summed E-state index contributed by atoms with van der Waals surface area (Å²) in [6, 6.07) is 13.7. The smallest absolute Gasteiger partial charge is 0.229 e. The lowest BCUT2D eigenvalue weighted by Gasteiger charge is -2.11. The van der Waals surface area contributed by atoms with Gasteiger partial charge in [-0.3, -0.25) is 4.79 Å². The number of carbonyl (C=O) groups is 1. The number of methoxy groups -OCH3 is 1. The number of thiazole rings is 1. The minimum Gasteiger partial charge on any atom is -0.496 e. The number of hydrogen-bond acceptors (Lipinski definition) is 5. The first-order chi connectivity index (χ1) is 13.1. The number of carbonyl (C=O) groups excluding carboxylic acids is 1. The van der Waals surface area contributed by atoms with Gasteiger partial charge in [-0.1, -0.05) is 30.3 Å². The third-order valence-corrected chi connectivity index (χ3v) is 4.88. The second kappa shape index (κ2) is 8.68. The standard InChI is InChI=1S/C21H22N2O3S/c1-14-7-6-8-15(2)20(14)26-12-11-19(24)23-21-22-17(13-27-21)16-9-4-5-10-18(16)25-3/h4-10,13H,11-12H2,1-3H3,(H,22,23,24). The summed E-state index contributed by atoms with van der Waals surface area (Å²) < 4.78 is 11.2. The molecule has 1 amide bonds. The van der Waals surface area contributed by atoms with Crippen LogP contribution in [0.25, 0.3) is 11.3 Å². The van der Waals surface area contributed by atoms with Gasteiger partial charge in [-0.15, -0.1) is 11.3 Å². The molecule has 3 aromatic rings. The molecule has 0 unspecified atom stereocenters. The van der Waals surface area contributed by atoms with Gasteiger partial charge in [-0.25, -0.2) is 4.98 Å². The molecule has 0 aliphatic carbocycles. The van der Waals surface area contributed by atoms with Crippen molar-refractivity contribution in [2.24, 2.45) is 0 Å². The highest BCUT2D eigenvalue weighted by atomic mass is 32.1. The van der Waals surface area contributed by atoms with Crippen LogP contribution in [0.2, 0.25) is 0 Å². The zero-order chi connectivity index (χ0) is 19.2. The van der Waals surface area contributed by atoms with Crippen LogP contribution in [0.3, 0.4) is 0 Å². The van der Waals surface area contributed by atoms with Crippen molar-refractivity contribution in [2.45, 2.75) is 20.3 Å². The first-order valence-electron chi connectivity index (χ1n) is 8.66. The monoisotopic (exact) mass is 382 g/mol. The predicted molar refractivity (Wildman–Crippen MR) is 109 cm³/mol. The molecule has 0 saturated carbocycles. The minimum absolute atomic E-state index is 0.123.